The summed E-state index contributed by atoms with van der Waals surface area (Å²) in [5.41, 5.74) is 0.246. The average molecular weight is 280 g/mol. The molecular formula is C15H20O5. The molecule has 1 aliphatic rings. The van der Waals surface area contributed by atoms with Crippen LogP contribution in [0.2, 0.25) is 0 Å². The second-order valence-corrected chi connectivity index (χ2v) is 4.73. The van der Waals surface area contributed by atoms with E-state index in [1.165, 1.54) is 12.1 Å². The van der Waals surface area contributed by atoms with Crippen LogP contribution in [-0.4, -0.2) is 37.0 Å². The van der Waals surface area contributed by atoms with Gasteiger partial charge in [-0.3, -0.25) is 4.79 Å². The van der Waals surface area contributed by atoms with Crippen LogP contribution in [0, 0.1) is 0 Å². The molecule has 0 aromatic heterocycles. The molecule has 0 bridgehead atoms. The predicted octanol–water partition coefficient (Wildman–Crippen LogP) is 2.52. The van der Waals surface area contributed by atoms with Crippen LogP contribution < -0.4 is 4.74 Å². The summed E-state index contributed by atoms with van der Waals surface area (Å²) in [5, 5.41) is 9.62. The van der Waals surface area contributed by atoms with Gasteiger partial charge in [-0.25, -0.2) is 0 Å². The summed E-state index contributed by atoms with van der Waals surface area (Å²) in [4.78, 5) is 10.6. The maximum Gasteiger partial charge on any atom is 0.200 e. The Labute approximate surface area is 118 Å². The normalized spacial score (nSPS) is 22.4. The smallest absolute Gasteiger partial charge is 0.200 e. The van der Waals surface area contributed by atoms with Crippen LogP contribution in [0.15, 0.2) is 18.2 Å². The molecular weight excluding hydrogens is 260 g/mol. The van der Waals surface area contributed by atoms with Gasteiger partial charge in [0.05, 0.1) is 18.3 Å². The number of rotatable bonds is 6. The standard InChI is InChI=1S/C15H20O5/c1-2-18-10-13-4-3-5-15(20-13)19-12-7-6-11(9-16)14(17)8-12/h6-9,13,15,17H,2-5,10H2,1H3. The highest BCUT2D eigenvalue weighted by molar-refractivity contribution is 5.79. The number of aromatic hydroxyl groups is 1. The van der Waals surface area contributed by atoms with E-state index < -0.39 is 0 Å². The van der Waals surface area contributed by atoms with Crippen molar-refractivity contribution in [1.29, 1.82) is 0 Å². The van der Waals surface area contributed by atoms with E-state index in [0.717, 1.165) is 19.3 Å². The van der Waals surface area contributed by atoms with Crippen molar-refractivity contribution in [3.63, 3.8) is 0 Å². The van der Waals surface area contributed by atoms with Crippen LogP contribution in [0.5, 0.6) is 11.5 Å². The first-order valence-electron chi connectivity index (χ1n) is 6.91. The molecule has 0 amide bonds. The molecule has 1 saturated heterocycles. The number of hydrogen-bond donors (Lipinski definition) is 1. The molecule has 0 spiro atoms. The van der Waals surface area contributed by atoms with Gasteiger partial charge in [-0.15, -0.1) is 0 Å². The first-order valence-corrected chi connectivity index (χ1v) is 6.91. The number of benzene rings is 1. The molecule has 1 N–H and O–H groups in total. The lowest BCUT2D eigenvalue weighted by atomic mass is 10.1. The zero-order chi connectivity index (χ0) is 14.4. The van der Waals surface area contributed by atoms with E-state index in [4.69, 9.17) is 14.2 Å². The van der Waals surface area contributed by atoms with Crippen molar-refractivity contribution in [1.82, 2.24) is 0 Å². The molecule has 0 radical (unpaired) electrons. The summed E-state index contributed by atoms with van der Waals surface area (Å²) in [5.74, 6) is 0.411. The minimum Gasteiger partial charge on any atom is -0.507 e. The molecule has 1 aliphatic heterocycles. The van der Waals surface area contributed by atoms with Crippen LogP contribution in [0.25, 0.3) is 0 Å². The number of phenolic OH excluding ortho intramolecular Hbond substituents is 1. The van der Waals surface area contributed by atoms with Gasteiger partial charge >= 0.3 is 0 Å². The third-order valence-electron chi connectivity index (χ3n) is 3.21. The summed E-state index contributed by atoms with van der Waals surface area (Å²) in [6.45, 7) is 3.20. The first kappa shape index (κ1) is 14.8. The van der Waals surface area contributed by atoms with Gasteiger partial charge in [0.2, 0.25) is 0 Å². The highest BCUT2D eigenvalue weighted by Gasteiger charge is 2.23. The molecule has 5 nitrogen and oxygen atoms in total. The highest BCUT2D eigenvalue weighted by atomic mass is 16.7. The zero-order valence-corrected chi connectivity index (χ0v) is 11.6. The van der Waals surface area contributed by atoms with Gasteiger partial charge in [-0.1, -0.05) is 0 Å². The molecule has 1 heterocycles. The Hall–Kier alpha value is -1.59. The Morgan fingerprint density at radius 1 is 1.45 bits per heavy atom. The van der Waals surface area contributed by atoms with E-state index >= 15 is 0 Å². The fraction of sp³-hybridized carbons (Fsp3) is 0.533. The number of phenols is 1. The zero-order valence-electron chi connectivity index (χ0n) is 11.6. The molecule has 5 heteroatoms. The summed E-state index contributed by atoms with van der Waals surface area (Å²) in [7, 11) is 0. The van der Waals surface area contributed by atoms with Crippen molar-refractivity contribution in [2.45, 2.75) is 38.6 Å². The van der Waals surface area contributed by atoms with Crippen LogP contribution in [0.4, 0.5) is 0 Å². The maximum atomic E-state index is 10.6. The quantitative estimate of drug-likeness (QED) is 0.811. The Morgan fingerprint density at radius 2 is 2.30 bits per heavy atom. The van der Waals surface area contributed by atoms with E-state index in [1.807, 2.05) is 6.92 Å². The van der Waals surface area contributed by atoms with Gasteiger partial charge in [0.1, 0.15) is 11.5 Å². The van der Waals surface area contributed by atoms with Crippen molar-refractivity contribution in [2.24, 2.45) is 0 Å². The number of hydrogen-bond acceptors (Lipinski definition) is 5. The van der Waals surface area contributed by atoms with Gasteiger partial charge in [0.15, 0.2) is 12.6 Å². The second-order valence-electron chi connectivity index (χ2n) is 4.73. The number of carbonyl (C=O) groups excluding carboxylic acids is 1. The Bertz CT molecular complexity index is 446. The molecule has 110 valence electrons. The van der Waals surface area contributed by atoms with E-state index in [1.54, 1.807) is 6.07 Å². The monoisotopic (exact) mass is 280 g/mol. The SMILES string of the molecule is CCOCC1CCCC(Oc2ccc(C=O)c(O)c2)O1. The van der Waals surface area contributed by atoms with Crippen molar-refractivity contribution in [3.8, 4) is 11.5 Å². The van der Waals surface area contributed by atoms with E-state index in [0.29, 0.717) is 25.2 Å². The number of aldehydes is 1. The Morgan fingerprint density at radius 3 is 3.00 bits per heavy atom. The lowest BCUT2D eigenvalue weighted by molar-refractivity contribution is -0.163. The maximum absolute atomic E-state index is 10.6. The van der Waals surface area contributed by atoms with Gasteiger partial charge in [0, 0.05) is 19.1 Å². The topological polar surface area (TPSA) is 65.0 Å². The minimum absolute atomic E-state index is 0.0524. The number of carbonyl (C=O) groups is 1. The average Bonchev–Trinajstić information content (AvgIpc) is 2.46. The van der Waals surface area contributed by atoms with Crippen LogP contribution in [-0.2, 0) is 9.47 Å². The lowest BCUT2D eigenvalue weighted by Crippen LogP contribution is -2.34. The third kappa shape index (κ3) is 3.95. The molecule has 0 saturated carbocycles. The fourth-order valence-electron chi connectivity index (χ4n) is 2.17. The molecule has 1 aromatic rings. The molecule has 0 aliphatic carbocycles. The van der Waals surface area contributed by atoms with Crippen molar-refractivity contribution in [3.05, 3.63) is 23.8 Å². The van der Waals surface area contributed by atoms with Gasteiger partial charge in [-0.05, 0) is 31.9 Å². The van der Waals surface area contributed by atoms with E-state index in [-0.39, 0.29) is 23.7 Å². The Kier molecular flexibility index (Phi) is 5.38. The second kappa shape index (κ2) is 7.26. The third-order valence-corrected chi connectivity index (χ3v) is 3.21. The summed E-state index contributed by atoms with van der Waals surface area (Å²) >= 11 is 0. The summed E-state index contributed by atoms with van der Waals surface area (Å²) < 4.78 is 16.8. The summed E-state index contributed by atoms with van der Waals surface area (Å²) in [6, 6.07) is 4.61. The molecule has 2 atom stereocenters. The summed E-state index contributed by atoms with van der Waals surface area (Å²) in [6.07, 6.45) is 3.11. The van der Waals surface area contributed by atoms with Crippen molar-refractivity contribution >= 4 is 6.29 Å². The largest absolute Gasteiger partial charge is 0.507 e. The lowest BCUT2D eigenvalue weighted by Gasteiger charge is -2.30. The van der Waals surface area contributed by atoms with Crippen LogP contribution in [0.3, 0.4) is 0 Å². The van der Waals surface area contributed by atoms with Crippen LogP contribution in [0.1, 0.15) is 36.5 Å². The first-order chi connectivity index (χ1) is 9.72. The van der Waals surface area contributed by atoms with Crippen molar-refractivity contribution < 1.29 is 24.1 Å². The van der Waals surface area contributed by atoms with E-state index in [2.05, 4.69) is 0 Å². The molecule has 2 rings (SSSR count). The molecule has 20 heavy (non-hydrogen) atoms. The molecule has 1 fully saturated rings. The van der Waals surface area contributed by atoms with Crippen molar-refractivity contribution in [2.75, 3.05) is 13.2 Å². The number of ether oxygens (including phenoxy) is 3. The fourth-order valence-corrected chi connectivity index (χ4v) is 2.17. The highest BCUT2D eigenvalue weighted by Crippen LogP contribution is 2.26. The van der Waals surface area contributed by atoms with Gasteiger partial charge in [0.25, 0.3) is 0 Å². The van der Waals surface area contributed by atoms with Gasteiger partial charge in [-0.2, -0.15) is 0 Å². The van der Waals surface area contributed by atoms with E-state index in [9.17, 15) is 9.90 Å². The minimum atomic E-state index is -0.337. The Balaban J connectivity index is 1.92. The molecule has 2 unspecified atom stereocenters. The molecule has 1 aromatic carbocycles. The van der Waals surface area contributed by atoms with Gasteiger partial charge < -0.3 is 19.3 Å². The van der Waals surface area contributed by atoms with Crippen LogP contribution >= 0.6 is 0 Å². The predicted molar refractivity (Wildman–Crippen MR) is 73.1 cm³/mol.